The van der Waals surface area contributed by atoms with Gasteiger partial charge in [-0.25, -0.2) is 0 Å². The monoisotopic (exact) mass is 411 g/mol. The predicted molar refractivity (Wildman–Crippen MR) is 127 cm³/mol. The number of hydrogen-bond acceptors (Lipinski definition) is 3. The molecule has 0 bridgehead atoms. The van der Waals surface area contributed by atoms with Crippen LogP contribution in [0.25, 0.3) is 0 Å². The van der Waals surface area contributed by atoms with Crippen LogP contribution in [0.3, 0.4) is 0 Å². The molecule has 32 heavy (non-hydrogen) atoms. The summed E-state index contributed by atoms with van der Waals surface area (Å²) in [4.78, 5) is 5.25. The van der Waals surface area contributed by atoms with Gasteiger partial charge in [0.1, 0.15) is 0 Å². The molecule has 4 aromatic carbocycles. The van der Waals surface area contributed by atoms with Crippen LogP contribution in [0.15, 0.2) is 114 Å². The third kappa shape index (κ3) is 4.98. The van der Waals surface area contributed by atoms with Crippen LogP contribution in [0.2, 0.25) is 0 Å². The Morgan fingerprint density at radius 2 is 1.09 bits per heavy atom. The van der Waals surface area contributed by atoms with Crippen molar-refractivity contribution in [3.63, 3.8) is 0 Å². The van der Waals surface area contributed by atoms with Crippen molar-refractivity contribution < 1.29 is 0 Å². The van der Waals surface area contributed by atoms with Gasteiger partial charge < -0.3 is 0 Å². The van der Waals surface area contributed by atoms with E-state index in [1.54, 1.807) is 0 Å². The molecule has 0 aromatic heterocycles. The van der Waals surface area contributed by atoms with Gasteiger partial charge in [-0.1, -0.05) is 84.9 Å². The van der Waals surface area contributed by atoms with Crippen molar-refractivity contribution >= 4 is 5.71 Å². The van der Waals surface area contributed by atoms with Crippen LogP contribution >= 0.6 is 0 Å². The highest BCUT2D eigenvalue weighted by Crippen LogP contribution is 2.26. The number of rotatable bonds is 6. The summed E-state index contributed by atoms with van der Waals surface area (Å²) in [6.45, 7) is 0. The first-order valence-electron chi connectivity index (χ1n) is 10.4. The second-order valence-corrected chi connectivity index (χ2v) is 7.47. The second-order valence-electron chi connectivity index (χ2n) is 7.47. The Hall–Kier alpha value is -4.47. The van der Waals surface area contributed by atoms with E-state index in [9.17, 15) is 5.26 Å². The average Bonchev–Trinajstić information content (AvgIpc) is 2.88. The van der Waals surface area contributed by atoms with E-state index in [0.29, 0.717) is 17.5 Å². The summed E-state index contributed by atoms with van der Waals surface area (Å²) in [6, 6.07) is 39.8. The SMILES string of the molecule is N#Cc1ccc(CC(N=C(c2ccccc2)c2ccccc2)c2ccc(C#N)cc2)cc1. The number of hydrogen-bond donors (Lipinski definition) is 0. The first-order valence-corrected chi connectivity index (χ1v) is 10.4. The Morgan fingerprint density at radius 1 is 0.625 bits per heavy atom. The highest BCUT2D eigenvalue weighted by atomic mass is 14.8. The zero-order valence-electron chi connectivity index (χ0n) is 17.5. The highest BCUT2D eigenvalue weighted by Gasteiger charge is 2.15. The number of benzene rings is 4. The quantitative estimate of drug-likeness (QED) is 0.352. The van der Waals surface area contributed by atoms with E-state index in [-0.39, 0.29) is 6.04 Å². The number of nitriles is 2. The maximum atomic E-state index is 9.19. The van der Waals surface area contributed by atoms with Crippen LogP contribution in [0.4, 0.5) is 0 Å². The molecule has 1 atom stereocenters. The number of aliphatic imine (C=N–C) groups is 1. The Kier molecular flexibility index (Phi) is 6.51. The normalized spacial score (nSPS) is 11.1. The third-order valence-electron chi connectivity index (χ3n) is 5.32. The van der Waals surface area contributed by atoms with E-state index >= 15 is 0 Å². The molecule has 0 N–H and O–H groups in total. The molecule has 0 aliphatic heterocycles. The van der Waals surface area contributed by atoms with Crippen LogP contribution in [-0.2, 0) is 6.42 Å². The molecule has 3 nitrogen and oxygen atoms in total. The molecule has 0 aliphatic carbocycles. The van der Waals surface area contributed by atoms with E-state index < -0.39 is 0 Å². The Labute approximate surface area is 188 Å². The van der Waals surface area contributed by atoms with E-state index in [2.05, 4.69) is 36.4 Å². The summed E-state index contributed by atoms with van der Waals surface area (Å²) in [7, 11) is 0. The standard InChI is InChI=1S/C29H21N3/c30-20-23-13-11-22(12-14-23)19-28(25-17-15-24(21-31)16-18-25)32-29(26-7-3-1-4-8-26)27-9-5-2-6-10-27/h1-18,28H,19H2. The van der Waals surface area contributed by atoms with Crippen molar-refractivity contribution in [3.8, 4) is 12.1 Å². The van der Waals surface area contributed by atoms with Gasteiger partial charge in [0.15, 0.2) is 0 Å². The van der Waals surface area contributed by atoms with E-state index in [1.807, 2.05) is 84.9 Å². The molecule has 0 spiro atoms. The van der Waals surface area contributed by atoms with E-state index in [0.717, 1.165) is 28.0 Å². The molecule has 1 unspecified atom stereocenters. The van der Waals surface area contributed by atoms with Gasteiger partial charge in [-0.3, -0.25) is 4.99 Å². The van der Waals surface area contributed by atoms with E-state index in [1.165, 1.54) is 0 Å². The molecular weight excluding hydrogens is 390 g/mol. The van der Waals surface area contributed by atoms with Crippen LogP contribution in [0, 0.1) is 22.7 Å². The molecule has 3 heteroatoms. The molecule has 0 saturated heterocycles. The number of nitrogens with zero attached hydrogens (tertiary/aromatic N) is 3. The lowest BCUT2D eigenvalue weighted by Crippen LogP contribution is -2.09. The Morgan fingerprint density at radius 3 is 1.56 bits per heavy atom. The van der Waals surface area contributed by atoms with Gasteiger partial charge in [0.2, 0.25) is 0 Å². The minimum atomic E-state index is -0.147. The average molecular weight is 412 g/mol. The van der Waals surface area contributed by atoms with Crippen LogP contribution in [0.1, 0.15) is 39.4 Å². The second kappa shape index (κ2) is 10.0. The minimum Gasteiger partial charge on any atom is -0.276 e. The van der Waals surface area contributed by atoms with Crippen molar-refractivity contribution in [3.05, 3.63) is 143 Å². The molecule has 0 heterocycles. The summed E-state index contributed by atoms with van der Waals surface area (Å²) in [5, 5.41) is 18.3. The summed E-state index contributed by atoms with van der Waals surface area (Å²) < 4.78 is 0. The lowest BCUT2D eigenvalue weighted by Gasteiger charge is -2.17. The zero-order valence-corrected chi connectivity index (χ0v) is 17.5. The molecule has 0 radical (unpaired) electrons. The maximum Gasteiger partial charge on any atom is 0.0991 e. The van der Waals surface area contributed by atoms with Gasteiger partial charge >= 0.3 is 0 Å². The lowest BCUT2D eigenvalue weighted by molar-refractivity contribution is 0.725. The van der Waals surface area contributed by atoms with Gasteiger partial charge in [0.05, 0.1) is 35.0 Å². The first-order chi connectivity index (χ1) is 15.8. The van der Waals surface area contributed by atoms with Gasteiger partial charge in [-0.05, 0) is 41.8 Å². The fourth-order valence-electron chi connectivity index (χ4n) is 3.62. The molecule has 0 fully saturated rings. The van der Waals surface area contributed by atoms with Gasteiger partial charge in [-0.15, -0.1) is 0 Å². The van der Waals surface area contributed by atoms with Gasteiger partial charge in [0, 0.05) is 11.1 Å². The zero-order chi connectivity index (χ0) is 22.2. The summed E-state index contributed by atoms with van der Waals surface area (Å²) in [6.07, 6.45) is 0.681. The van der Waals surface area contributed by atoms with Crippen LogP contribution < -0.4 is 0 Å². The predicted octanol–water partition coefficient (Wildman–Crippen LogP) is 6.25. The molecule has 4 aromatic rings. The van der Waals surface area contributed by atoms with Crippen molar-refractivity contribution in [2.75, 3.05) is 0 Å². The molecule has 0 aliphatic rings. The molecular formula is C29H21N3. The van der Waals surface area contributed by atoms with Gasteiger partial charge in [0.25, 0.3) is 0 Å². The molecule has 152 valence electrons. The summed E-state index contributed by atoms with van der Waals surface area (Å²) >= 11 is 0. The fraction of sp³-hybridized carbons (Fsp3) is 0.0690. The topological polar surface area (TPSA) is 59.9 Å². The van der Waals surface area contributed by atoms with Gasteiger partial charge in [-0.2, -0.15) is 10.5 Å². The summed E-state index contributed by atoms with van der Waals surface area (Å²) in [5.41, 5.74) is 6.44. The third-order valence-corrected chi connectivity index (χ3v) is 5.32. The first kappa shape index (κ1) is 20.8. The summed E-state index contributed by atoms with van der Waals surface area (Å²) in [5.74, 6) is 0. The van der Waals surface area contributed by atoms with Crippen LogP contribution in [-0.4, -0.2) is 5.71 Å². The molecule has 0 saturated carbocycles. The Bertz CT molecular complexity index is 1230. The van der Waals surface area contributed by atoms with Crippen molar-refractivity contribution in [2.24, 2.45) is 4.99 Å². The Balaban J connectivity index is 1.81. The van der Waals surface area contributed by atoms with E-state index in [4.69, 9.17) is 10.3 Å². The highest BCUT2D eigenvalue weighted by molar-refractivity contribution is 6.13. The fourth-order valence-corrected chi connectivity index (χ4v) is 3.62. The van der Waals surface area contributed by atoms with Crippen molar-refractivity contribution in [2.45, 2.75) is 12.5 Å². The molecule has 0 amide bonds. The van der Waals surface area contributed by atoms with Crippen LogP contribution in [0.5, 0.6) is 0 Å². The maximum absolute atomic E-state index is 9.19. The minimum absolute atomic E-state index is 0.147. The van der Waals surface area contributed by atoms with Crippen molar-refractivity contribution in [1.82, 2.24) is 0 Å². The smallest absolute Gasteiger partial charge is 0.0991 e. The lowest BCUT2D eigenvalue weighted by atomic mass is 9.96. The largest absolute Gasteiger partial charge is 0.276 e. The molecule has 4 rings (SSSR count). The van der Waals surface area contributed by atoms with Crippen molar-refractivity contribution in [1.29, 1.82) is 10.5 Å².